The lowest BCUT2D eigenvalue weighted by atomic mass is 9.99. The van der Waals surface area contributed by atoms with Crippen LogP contribution < -0.4 is 5.32 Å². The standard InChI is InChI=1S/C85H165NO10/c1-3-5-7-9-11-13-15-17-44-49-53-57-61-65-69-73-81(90)94-74-70-66-62-58-54-50-46-43-41-39-37-35-33-31-29-27-25-23-21-19-20-22-24-26-28-30-32-34-36-38-40-42-45-48-52-56-60-64-68-72-80(89)86-77(76-95-85-84(93)83(92)82(91)79(75-87)96-85)78(88)71-67-63-59-55-51-47-18-16-14-12-10-8-6-4-2/h67,71,77-79,82-85,87-88,91-93H,3-66,68-70,72-76H2,1-2H3,(H,86,89)/b71-67+. The number of aliphatic hydroxyl groups excluding tert-OH is 5. The van der Waals surface area contributed by atoms with Gasteiger partial charge in [0.1, 0.15) is 24.4 Å². The van der Waals surface area contributed by atoms with Gasteiger partial charge in [-0.3, -0.25) is 9.59 Å². The van der Waals surface area contributed by atoms with E-state index in [9.17, 15) is 35.1 Å². The molecule has 0 bridgehead atoms. The molecule has 96 heavy (non-hydrogen) atoms. The molecule has 1 aliphatic rings. The molecule has 1 rings (SSSR count). The quantitative estimate of drug-likeness (QED) is 0.0195. The Morgan fingerprint density at radius 3 is 0.969 bits per heavy atom. The van der Waals surface area contributed by atoms with E-state index in [1.807, 2.05) is 6.08 Å². The number of amides is 1. The Kier molecular flexibility index (Phi) is 71.8. The zero-order valence-corrected chi connectivity index (χ0v) is 63.9. The topological polar surface area (TPSA) is 175 Å². The largest absolute Gasteiger partial charge is 0.466 e. The summed E-state index contributed by atoms with van der Waals surface area (Å²) in [4.78, 5) is 25.2. The van der Waals surface area contributed by atoms with Crippen molar-refractivity contribution in [2.75, 3.05) is 19.8 Å². The van der Waals surface area contributed by atoms with E-state index in [-0.39, 0.29) is 18.5 Å². The maximum Gasteiger partial charge on any atom is 0.305 e. The summed E-state index contributed by atoms with van der Waals surface area (Å²) in [6.45, 7) is 4.42. The van der Waals surface area contributed by atoms with E-state index >= 15 is 0 Å². The molecule has 7 atom stereocenters. The lowest BCUT2D eigenvalue weighted by Gasteiger charge is -2.40. The van der Waals surface area contributed by atoms with E-state index < -0.39 is 49.5 Å². The summed E-state index contributed by atoms with van der Waals surface area (Å²) >= 11 is 0. The Balaban J connectivity index is 1.86. The first-order valence-corrected chi connectivity index (χ1v) is 43.0. The van der Waals surface area contributed by atoms with Crippen LogP contribution in [0.3, 0.4) is 0 Å². The smallest absolute Gasteiger partial charge is 0.305 e. The molecule has 6 N–H and O–H groups in total. The highest BCUT2D eigenvalue weighted by Crippen LogP contribution is 2.24. The molecule has 0 aromatic heterocycles. The van der Waals surface area contributed by atoms with Crippen LogP contribution >= 0.6 is 0 Å². The van der Waals surface area contributed by atoms with Crippen molar-refractivity contribution in [1.82, 2.24) is 5.32 Å². The van der Waals surface area contributed by atoms with Gasteiger partial charge in [0.05, 0.1) is 32.0 Å². The molecule has 1 amide bonds. The number of rotatable bonds is 78. The summed E-state index contributed by atoms with van der Waals surface area (Å²) < 4.78 is 16.8. The van der Waals surface area contributed by atoms with Crippen molar-refractivity contribution in [2.45, 2.75) is 500 Å². The summed E-state index contributed by atoms with van der Waals surface area (Å²) in [5, 5.41) is 54.7. The zero-order chi connectivity index (χ0) is 69.4. The lowest BCUT2D eigenvalue weighted by molar-refractivity contribution is -0.302. The predicted octanol–water partition coefficient (Wildman–Crippen LogP) is 23.7. The minimum Gasteiger partial charge on any atom is -0.466 e. The van der Waals surface area contributed by atoms with Crippen LogP contribution in [0.4, 0.5) is 0 Å². The van der Waals surface area contributed by atoms with Gasteiger partial charge in [-0.05, 0) is 32.1 Å². The first-order chi connectivity index (χ1) is 47.2. The third-order valence-corrected chi connectivity index (χ3v) is 20.9. The van der Waals surface area contributed by atoms with E-state index in [2.05, 4.69) is 19.2 Å². The van der Waals surface area contributed by atoms with Gasteiger partial charge < -0.3 is 45.1 Å². The average Bonchev–Trinajstić information content (AvgIpc) is 0.842. The Labute approximate surface area is 595 Å². The van der Waals surface area contributed by atoms with Crippen LogP contribution in [0.1, 0.15) is 457 Å². The first kappa shape index (κ1) is 92.4. The molecule has 1 saturated heterocycles. The minimum atomic E-state index is -1.57. The molecule has 0 aromatic carbocycles. The van der Waals surface area contributed by atoms with Crippen molar-refractivity contribution in [3.63, 3.8) is 0 Å². The molecular weight excluding hydrogens is 1190 g/mol. The monoisotopic (exact) mass is 1360 g/mol. The molecule has 0 aromatic rings. The van der Waals surface area contributed by atoms with Crippen LogP contribution in [-0.4, -0.2) is 100 Å². The molecule has 1 aliphatic heterocycles. The molecule has 0 radical (unpaired) electrons. The molecule has 11 heteroatoms. The molecular formula is C85H165NO10. The molecule has 0 aliphatic carbocycles. The molecule has 7 unspecified atom stereocenters. The number of hydrogen-bond donors (Lipinski definition) is 6. The van der Waals surface area contributed by atoms with E-state index in [4.69, 9.17) is 14.2 Å². The number of esters is 1. The third-order valence-electron chi connectivity index (χ3n) is 20.9. The third kappa shape index (κ3) is 62.2. The van der Waals surface area contributed by atoms with E-state index in [1.165, 1.54) is 379 Å². The van der Waals surface area contributed by atoms with Gasteiger partial charge in [0.15, 0.2) is 6.29 Å². The lowest BCUT2D eigenvalue weighted by Crippen LogP contribution is -2.60. The van der Waals surface area contributed by atoms with Crippen molar-refractivity contribution in [2.24, 2.45) is 0 Å². The van der Waals surface area contributed by atoms with E-state index in [1.54, 1.807) is 6.08 Å². The predicted molar refractivity (Wildman–Crippen MR) is 408 cm³/mol. The van der Waals surface area contributed by atoms with E-state index in [0.717, 1.165) is 51.4 Å². The van der Waals surface area contributed by atoms with Crippen molar-refractivity contribution < 1.29 is 49.3 Å². The second-order valence-electron chi connectivity index (χ2n) is 30.3. The molecule has 1 heterocycles. The second-order valence-corrected chi connectivity index (χ2v) is 30.3. The second kappa shape index (κ2) is 74.6. The van der Waals surface area contributed by atoms with Gasteiger partial charge in [0.2, 0.25) is 5.91 Å². The molecule has 11 nitrogen and oxygen atoms in total. The highest BCUT2D eigenvalue weighted by Gasteiger charge is 2.44. The highest BCUT2D eigenvalue weighted by molar-refractivity contribution is 5.76. The van der Waals surface area contributed by atoms with Gasteiger partial charge in [-0.25, -0.2) is 0 Å². The highest BCUT2D eigenvalue weighted by atomic mass is 16.7. The maximum absolute atomic E-state index is 13.1. The Morgan fingerprint density at radius 1 is 0.375 bits per heavy atom. The number of allylic oxidation sites excluding steroid dienone is 1. The molecule has 570 valence electrons. The first-order valence-electron chi connectivity index (χ1n) is 43.0. The van der Waals surface area contributed by atoms with Gasteiger partial charge in [0.25, 0.3) is 0 Å². The Hall–Kier alpha value is -1.60. The summed E-state index contributed by atoms with van der Waals surface area (Å²) in [5.74, 6) is -0.149. The van der Waals surface area contributed by atoms with Gasteiger partial charge in [-0.15, -0.1) is 0 Å². The SMILES string of the molecule is CCCCCCCCCCCCCC/C=C/C(O)C(COC1OC(CO)C(O)C(O)C1O)NC(=O)CCCCCCCCCCCCCCCCCCCCCCCCCCCCCCCCCCCCCCCCCOC(=O)CCCCCCCCCCCCCCCCC. The molecule has 1 fully saturated rings. The molecule has 0 saturated carbocycles. The fourth-order valence-electron chi connectivity index (χ4n) is 14.2. The van der Waals surface area contributed by atoms with Crippen molar-refractivity contribution in [3.8, 4) is 0 Å². The average molecular weight is 1360 g/mol. The van der Waals surface area contributed by atoms with Crippen LogP contribution in [0.25, 0.3) is 0 Å². The van der Waals surface area contributed by atoms with Crippen LogP contribution in [0.5, 0.6) is 0 Å². The van der Waals surface area contributed by atoms with Crippen LogP contribution in [-0.2, 0) is 23.8 Å². The van der Waals surface area contributed by atoms with Gasteiger partial charge in [0, 0.05) is 12.8 Å². The summed E-state index contributed by atoms with van der Waals surface area (Å²) in [5.41, 5.74) is 0. The fraction of sp³-hybridized carbons (Fsp3) is 0.953. The number of carbonyl (C=O) groups excluding carboxylic acids is 2. The van der Waals surface area contributed by atoms with Crippen molar-refractivity contribution in [3.05, 3.63) is 12.2 Å². The zero-order valence-electron chi connectivity index (χ0n) is 63.9. The fourth-order valence-corrected chi connectivity index (χ4v) is 14.2. The van der Waals surface area contributed by atoms with Crippen LogP contribution in [0.2, 0.25) is 0 Å². The van der Waals surface area contributed by atoms with Crippen molar-refractivity contribution >= 4 is 11.9 Å². The Morgan fingerprint density at radius 2 is 0.656 bits per heavy atom. The number of hydrogen-bond acceptors (Lipinski definition) is 10. The Bertz CT molecular complexity index is 1600. The number of unbranched alkanes of at least 4 members (excludes halogenated alkanes) is 64. The number of ether oxygens (including phenoxy) is 3. The van der Waals surface area contributed by atoms with Crippen LogP contribution in [0, 0.1) is 0 Å². The van der Waals surface area contributed by atoms with Gasteiger partial charge in [-0.1, -0.05) is 424 Å². The van der Waals surface area contributed by atoms with Crippen LogP contribution in [0.15, 0.2) is 12.2 Å². The number of carbonyl (C=O) groups is 2. The summed E-state index contributed by atoms with van der Waals surface area (Å²) in [6.07, 6.45) is 85.5. The van der Waals surface area contributed by atoms with Crippen molar-refractivity contribution in [1.29, 1.82) is 0 Å². The summed E-state index contributed by atoms with van der Waals surface area (Å²) in [7, 11) is 0. The number of aliphatic hydroxyl groups is 5. The normalized spacial score (nSPS) is 17.3. The minimum absolute atomic E-state index is 0.0226. The number of nitrogens with one attached hydrogen (secondary N) is 1. The van der Waals surface area contributed by atoms with Gasteiger partial charge in [-0.2, -0.15) is 0 Å². The maximum atomic E-state index is 13.1. The van der Waals surface area contributed by atoms with Gasteiger partial charge >= 0.3 is 5.97 Å². The molecule has 0 spiro atoms. The summed E-state index contributed by atoms with van der Waals surface area (Å²) in [6, 6.07) is -0.805. The van der Waals surface area contributed by atoms with E-state index in [0.29, 0.717) is 19.4 Å².